The van der Waals surface area contributed by atoms with Crippen molar-refractivity contribution in [2.45, 2.75) is 42.0 Å². The van der Waals surface area contributed by atoms with Crippen molar-refractivity contribution in [2.24, 2.45) is 5.73 Å². The van der Waals surface area contributed by atoms with E-state index in [1.165, 1.54) is 29.4 Å². The maximum Gasteiger partial charge on any atom is 0.174 e. The van der Waals surface area contributed by atoms with Gasteiger partial charge in [-0.2, -0.15) is 4.37 Å². The highest BCUT2D eigenvalue weighted by Crippen LogP contribution is 2.34. The van der Waals surface area contributed by atoms with Crippen LogP contribution in [-0.4, -0.2) is 15.4 Å². The Labute approximate surface area is 120 Å². The molecule has 1 unspecified atom stereocenters. The van der Waals surface area contributed by atoms with Crippen LogP contribution in [0.15, 0.2) is 27.4 Å². The average Bonchev–Trinajstić information content (AvgIpc) is 2.81. The Morgan fingerprint density at radius 1 is 1.47 bits per heavy atom. The zero-order valence-electron chi connectivity index (χ0n) is 10.9. The maximum atomic E-state index is 14.0. The average molecular weight is 297 g/mol. The molecule has 3 nitrogen and oxygen atoms in total. The van der Waals surface area contributed by atoms with Crippen LogP contribution in [0.2, 0.25) is 0 Å². The van der Waals surface area contributed by atoms with E-state index in [1.807, 2.05) is 19.9 Å². The van der Waals surface area contributed by atoms with E-state index in [-0.39, 0.29) is 11.9 Å². The molecule has 1 atom stereocenters. The summed E-state index contributed by atoms with van der Waals surface area (Å²) in [6.45, 7) is 3.92. The van der Waals surface area contributed by atoms with Gasteiger partial charge in [0.2, 0.25) is 0 Å². The fourth-order valence-corrected chi connectivity index (χ4v) is 3.47. The summed E-state index contributed by atoms with van der Waals surface area (Å²) < 4.78 is 19.0. The minimum absolute atomic E-state index is 0.00164. The lowest BCUT2D eigenvalue weighted by Gasteiger charge is -2.10. The molecule has 2 rings (SSSR count). The normalized spacial score (nSPS) is 12.6. The lowest BCUT2D eigenvalue weighted by Crippen LogP contribution is -2.18. The van der Waals surface area contributed by atoms with Gasteiger partial charge in [0.15, 0.2) is 4.34 Å². The van der Waals surface area contributed by atoms with E-state index >= 15 is 0 Å². The summed E-state index contributed by atoms with van der Waals surface area (Å²) in [6.07, 6.45) is 1.44. The van der Waals surface area contributed by atoms with E-state index in [4.69, 9.17) is 5.73 Å². The number of aromatic nitrogens is 2. The number of rotatable bonds is 5. The monoisotopic (exact) mass is 297 g/mol. The first kappa shape index (κ1) is 14.4. The zero-order valence-corrected chi connectivity index (χ0v) is 12.5. The summed E-state index contributed by atoms with van der Waals surface area (Å²) in [5.74, 6) is 0.578. The molecule has 102 valence electrons. The molecule has 1 aromatic heterocycles. The van der Waals surface area contributed by atoms with Gasteiger partial charge in [-0.1, -0.05) is 30.8 Å². The van der Waals surface area contributed by atoms with Crippen molar-refractivity contribution in [2.75, 3.05) is 0 Å². The van der Waals surface area contributed by atoms with Crippen molar-refractivity contribution < 1.29 is 4.39 Å². The van der Waals surface area contributed by atoms with Crippen LogP contribution < -0.4 is 5.73 Å². The standard InChI is InChI=1S/C13H16FN3S2/c1-3-11-16-13(19-17-11)18-12-9(7-8(2)15)5-4-6-10(12)14/h4-6,8H,3,7,15H2,1-2H3. The quantitative estimate of drug-likeness (QED) is 0.920. The molecule has 19 heavy (non-hydrogen) atoms. The van der Waals surface area contributed by atoms with Crippen molar-refractivity contribution in [1.82, 2.24) is 9.36 Å². The van der Waals surface area contributed by atoms with Gasteiger partial charge in [-0.15, -0.1) is 0 Å². The number of nitrogens with zero attached hydrogens (tertiary/aromatic N) is 2. The Balaban J connectivity index is 2.27. The molecule has 0 spiro atoms. The minimum Gasteiger partial charge on any atom is -0.328 e. The molecule has 6 heteroatoms. The number of hydrogen-bond donors (Lipinski definition) is 1. The van der Waals surface area contributed by atoms with Crippen LogP contribution in [0.5, 0.6) is 0 Å². The highest BCUT2D eigenvalue weighted by atomic mass is 32.2. The highest BCUT2D eigenvalue weighted by molar-refractivity contribution is 8.01. The maximum absolute atomic E-state index is 14.0. The van der Waals surface area contributed by atoms with Gasteiger partial charge >= 0.3 is 0 Å². The molecule has 0 aliphatic heterocycles. The molecule has 0 bridgehead atoms. The number of nitrogens with two attached hydrogens (primary N) is 1. The first-order chi connectivity index (χ1) is 9.10. The van der Waals surface area contributed by atoms with Gasteiger partial charge in [0.1, 0.15) is 11.6 Å². The molecule has 0 aliphatic carbocycles. The van der Waals surface area contributed by atoms with Crippen LogP contribution in [0, 0.1) is 5.82 Å². The number of halogens is 1. The third-order valence-corrected chi connectivity index (χ3v) is 4.50. The fraction of sp³-hybridized carbons (Fsp3) is 0.385. The number of hydrogen-bond acceptors (Lipinski definition) is 5. The Bertz CT molecular complexity index is 555. The molecule has 0 saturated carbocycles. The van der Waals surface area contributed by atoms with Gasteiger partial charge in [0.25, 0.3) is 0 Å². The second-order valence-electron chi connectivity index (χ2n) is 4.34. The third-order valence-electron chi connectivity index (χ3n) is 2.55. The van der Waals surface area contributed by atoms with Gasteiger partial charge < -0.3 is 5.73 Å². The second-order valence-corrected chi connectivity index (χ2v) is 6.35. The molecule has 0 fully saturated rings. The lowest BCUT2D eigenvalue weighted by molar-refractivity contribution is 0.592. The molecule has 2 aromatic rings. The molecule has 1 aromatic carbocycles. The first-order valence-corrected chi connectivity index (χ1v) is 7.72. The largest absolute Gasteiger partial charge is 0.328 e. The van der Waals surface area contributed by atoms with E-state index in [0.717, 1.165) is 22.1 Å². The molecule has 0 aliphatic rings. The van der Waals surface area contributed by atoms with Crippen molar-refractivity contribution in [3.05, 3.63) is 35.4 Å². The van der Waals surface area contributed by atoms with Gasteiger partial charge in [-0.05, 0) is 36.5 Å². The van der Waals surface area contributed by atoms with E-state index in [2.05, 4.69) is 9.36 Å². The smallest absolute Gasteiger partial charge is 0.174 e. The van der Waals surface area contributed by atoms with E-state index in [0.29, 0.717) is 11.3 Å². The van der Waals surface area contributed by atoms with E-state index < -0.39 is 0 Å². The molecule has 1 heterocycles. The molecule has 2 N–H and O–H groups in total. The summed E-state index contributed by atoms with van der Waals surface area (Å²) >= 11 is 2.64. The Morgan fingerprint density at radius 2 is 2.26 bits per heavy atom. The molecule has 0 saturated heterocycles. The van der Waals surface area contributed by atoms with Gasteiger partial charge in [-0.25, -0.2) is 9.37 Å². The second kappa shape index (κ2) is 6.45. The van der Waals surface area contributed by atoms with Crippen molar-refractivity contribution >= 4 is 23.3 Å². The van der Waals surface area contributed by atoms with Crippen LogP contribution in [0.4, 0.5) is 4.39 Å². The predicted octanol–water partition coefficient (Wildman–Crippen LogP) is 3.28. The number of aryl methyl sites for hydroxylation is 1. The van der Waals surface area contributed by atoms with Crippen LogP contribution >= 0.6 is 23.3 Å². The Hall–Kier alpha value is -0.980. The van der Waals surface area contributed by atoms with Crippen LogP contribution in [0.3, 0.4) is 0 Å². The Morgan fingerprint density at radius 3 is 2.89 bits per heavy atom. The van der Waals surface area contributed by atoms with Gasteiger partial charge in [-0.3, -0.25) is 0 Å². The molecule has 0 amide bonds. The molecular weight excluding hydrogens is 281 g/mol. The van der Waals surface area contributed by atoms with Gasteiger partial charge in [0, 0.05) is 12.5 Å². The van der Waals surface area contributed by atoms with Crippen molar-refractivity contribution in [3.8, 4) is 0 Å². The summed E-state index contributed by atoms with van der Waals surface area (Å²) in [7, 11) is 0. The summed E-state index contributed by atoms with van der Waals surface area (Å²) in [4.78, 5) is 4.97. The van der Waals surface area contributed by atoms with Crippen LogP contribution in [0.1, 0.15) is 25.2 Å². The summed E-state index contributed by atoms with van der Waals surface area (Å²) in [5, 5.41) is 0. The molecular formula is C13H16FN3S2. The Kier molecular flexibility index (Phi) is 4.90. The van der Waals surface area contributed by atoms with Crippen LogP contribution in [-0.2, 0) is 12.8 Å². The van der Waals surface area contributed by atoms with Crippen molar-refractivity contribution in [3.63, 3.8) is 0 Å². The van der Waals surface area contributed by atoms with E-state index in [1.54, 1.807) is 6.07 Å². The zero-order chi connectivity index (χ0) is 13.8. The predicted molar refractivity (Wildman–Crippen MR) is 77.2 cm³/mol. The molecule has 0 radical (unpaired) electrons. The first-order valence-electron chi connectivity index (χ1n) is 6.13. The van der Waals surface area contributed by atoms with E-state index in [9.17, 15) is 4.39 Å². The fourth-order valence-electron chi connectivity index (χ4n) is 1.69. The third kappa shape index (κ3) is 3.75. The highest BCUT2D eigenvalue weighted by Gasteiger charge is 2.14. The number of benzene rings is 1. The van der Waals surface area contributed by atoms with Crippen LogP contribution in [0.25, 0.3) is 0 Å². The summed E-state index contributed by atoms with van der Waals surface area (Å²) in [5.41, 5.74) is 6.73. The van der Waals surface area contributed by atoms with Gasteiger partial charge in [0.05, 0.1) is 4.90 Å². The minimum atomic E-state index is -0.226. The van der Waals surface area contributed by atoms with Crippen molar-refractivity contribution in [1.29, 1.82) is 0 Å². The topological polar surface area (TPSA) is 51.8 Å². The lowest BCUT2D eigenvalue weighted by atomic mass is 10.1. The summed E-state index contributed by atoms with van der Waals surface area (Å²) in [6, 6.07) is 5.10. The SMILES string of the molecule is CCc1nsc(Sc2c(F)cccc2CC(C)N)n1.